The molecule has 0 unspecified atom stereocenters. The Morgan fingerprint density at radius 2 is 2.00 bits per heavy atom. The van der Waals surface area contributed by atoms with Crippen LogP contribution >= 0.6 is 0 Å². The van der Waals surface area contributed by atoms with E-state index in [4.69, 9.17) is 4.74 Å². The highest BCUT2D eigenvalue weighted by molar-refractivity contribution is 5.87. The van der Waals surface area contributed by atoms with Crippen LogP contribution in [0, 0.1) is 5.92 Å². The van der Waals surface area contributed by atoms with E-state index in [0.717, 1.165) is 45.6 Å². The van der Waals surface area contributed by atoms with E-state index in [1.807, 2.05) is 0 Å². The molecule has 1 amide bonds. The Morgan fingerprint density at radius 1 is 1.24 bits per heavy atom. The molecule has 4 nitrogen and oxygen atoms in total. The molecular weight excluding hydrogens is 312 g/mol. The summed E-state index contributed by atoms with van der Waals surface area (Å²) in [6, 6.07) is 6.72. The zero-order chi connectivity index (χ0) is 17.6. The largest absolute Gasteiger partial charge is 0.381 e. The zero-order valence-electron chi connectivity index (χ0n) is 15.5. The fourth-order valence-electron chi connectivity index (χ4n) is 4.07. The molecular formula is C21H28N2O2. The predicted molar refractivity (Wildman–Crippen MR) is 99.7 cm³/mol. The van der Waals surface area contributed by atoms with Crippen LogP contribution in [0.1, 0.15) is 50.4 Å². The van der Waals surface area contributed by atoms with Crippen LogP contribution < -0.4 is 0 Å². The molecule has 2 aromatic rings. The first-order chi connectivity index (χ1) is 11.9. The lowest BCUT2D eigenvalue weighted by Gasteiger charge is -2.32. The average molecular weight is 340 g/mol. The summed E-state index contributed by atoms with van der Waals surface area (Å²) in [6.45, 7) is 9.73. The van der Waals surface area contributed by atoms with Crippen molar-refractivity contribution in [3.63, 3.8) is 0 Å². The van der Waals surface area contributed by atoms with E-state index in [1.54, 1.807) is 0 Å². The molecule has 3 heterocycles. The van der Waals surface area contributed by atoms with Gasteiger partial charge in [-0.15, -0.1) is 0 Å². The van der Waals surface area contributed by atoms with Crippen LogP contribution in [0.25, 0.3) is 10.9 Å². The number of fused-ring (bicyclic) bond motifs is 3. The van der Waals surface area contributed by atoms with Gasteiger partial charge in [0.25, 0.3) is 0 Å². The number of amides is 1. The van der Waals surface area contributed by atoms with Crippen LogP contribution in [-0.4, -0.2) is 35.5 Å². The standard InChI is InChI=1S/C21H28N2O2/c1-21(2,3)15-4-5-18-16(12-15)17-13-23(9-6-19(17)22-18)20(24)14-7-10-25-11-8-14/h4-5,12,14,22H,6-11,13H2,1-3H3. The van der Waals surface area contributed by atoms with Gasteiger partial charge in [0.15, 0.2) is 0 Å². The minimum Gasteiger partial charge on any atom is -0.381 e. The van der Waals surface area contributed by atoms with Crippen molar-refractivity contribution < 1.29 is 9.53 Å². The van der Waals surface area contributed by atoms with E-state index in [1.165, 1.54) is 27.7 Å². The minimum atomic E-state index is 0.130. The second-order valence-corrected chi connectivity index (χ2v) is 8.49. The number of hydrogen-bond acceptors (Lipinski definition) is 2. The molecule has 2 aliphatic rings. The maximum Gasteiger partial charge on any atom is 0.226 e. The van der Waals surface area contributed by atoms with Crippen LogP contribution in [0.15, 0.2) is 18.2 Å². The summed E-state index contributed by atoms with van der Waals surface area (Å²) in [5, 5.41) is 1.28. The highest BCUT2D eigenvalue weighted by Gasteiger charge is 2.30. The Balaban J connectivity index is 1.64. The number of nitrogens with zero attached hydrogens (tertiary/aromatic N) is 1. The van der Waals surface area contributed by atoms with E-state index in [2.05, 4.69) is 48.9 Å². The van der Waals surface area contributed by atoms with Gasteiger partial charge < -0.3 is 14.6 Å². The van der Waals surface area contributed by atoms with Gasteiger partial charge in [-0.25, -0.2) is 0 Å². The van der Waals surface area contributed by atoms with Crippen LogP contribution in [-0.2, 0) is 27.9 Å². The molecule has 1 aromatic heterocycles. The number of ether oxygens (including phenoxy) is 1. The summed E-state index contributed by atoms with van der Waals surface area (Å²) in [7, 11) is 0. The van der Waals surface area contributed by atoms with Gasteiger partial charge in [0, 0.05) is 60.8 Å². The minimum absolute atomic E-state index is 0.130. The Hall–Kier alpha value is -1.81. The molecule has 2 aliphatic heterocycles. The molecule has 1 aromatic carbocycles. The van der Waals surface area contributed by atoms with E-state index in [9.17, 15) is 4.79 Å². The summed E-state index contributed by atoms with van der Waals surface area (Å²) < 4.78 is 5.41. The van der Waals surface area contributed by atoms with Gasteiger partial charge in [-0.1, -0.05) is 26.8 Å². The molecule has 1 fully saturated rings. The van der Waals surface area contributed by atoms with Gasteiger partial charge >= 0.3 is 0 Å². The normalized spacial score (nSPS) is 19.2. The van der Waals surface area contributed by atoms with E-state index in [-0.39, 0.29) is 11.3 Å². The Bertz CT molecular complexity index is 794. The maximum absolute atomic E-state index is 12.9. The van der Waals surface area contributed by atoms with Crippen LogP contribution in [0.4, 0.5) is 0 Å². The second kappa shape index (κ2) is 6.17. The van der Waals surface area contributed by atoms with Crippen molar-refractivity contribution >= 4 is 16.8 Å². The quantitative estimate of drug-likeness (QED) is 0.859. The van der Waals surface area contributed by atoms with Gasteiger partial charge in [0.05, 0.1) is 0 Å². The molecule has 4 rings (SSSR count). The number of carbonyl (C=O) groups is 1. The van der Waals surface area contributed by atoms with Crippen LogP contribution in [0.5, 0.6) is 0 Å². The van der Waals surface area contributed by atoms with Gasteiger partial charge in [-0.2, -0.15) is 0 Å². The second-order valence-electron chi connectivity index (χ2n) is 8.49. The van der Waals surface area contributed by atoms with Crippen LogP contribution in [0.2, 0.25) is 0 Å². The third kappa shape index (κ3) is 3.08. The number of rotatable bonds is 1. The fraction of sp³-hybridized carbons (Fsp3) is 0.571. The fourth-order valence-corrected chi connectivity index (χ4v) is 4.07. The number of hydrogen-bond donors (Lipinski definition) is 1. The molecule has 0 spiro atoms. The van der Waals surface area contributed by atoms with Crippen molar-refractivity contribution in [2.24, 2.45) is 5.92 Å². The van der Waals surface area contributed by atoms with Gasteiger partial charge in [0.2, 0.25) is 5.91 Å². The van der Waals surface area contributed by atoms with E-state index in [0.29, 0.717) is 5.91 Å². The number of aromatic nitrogens is 1. The molecule has 134 valence electrons. The van der Waals surface area contributed by atoms with Crippen molar-refractivity contribution in [3.05, 3.63) is 35.0 Å². The lowest BCUT2D eigenvalue weighted by molar-refractivity contribution is -0.139. The highest BCUT2D eigenvalue weighted by atomic mass is 16.5. The number of benzene rings is 1. The predicted octanol–water partition coefficient (Wildman–Crippen LogP) is 3.78. The maximum atomic E-state index is 12.9. The molecule has 1 N–H and O–H groups in total. The molecule has 0 atom stereocenters. The van der Waals surface area contributed by atoms with Gasteiger partial charge in [0.1, 0.15) is 0 Å². The van der Waals surface area contributed by atoms with Crippen molar-refractivity contribution in [3.8, 4) is 0 Å². The van der Waals surface area contributed by atoms with Crippen molar-refractivity contribution in [2.75, 3.05) is 19.8 Å². The molecule has 1 saturated heterocycles. The highest BCUT2D eigenvalue weighted by Crippen LogP contribution is 2.33. The first-order valence-corrected chi connectivity index (χ1v) is 9.44. The molecule has 0 saturated carbocycles. The summed E-state index contributed by atoms with van der Waals surface area (Å²) in [6.07, 6.45) is 2.65. The number of H-pyrrole nitrogens is 1. The molecule has 4 heteroatoms. The van der Waals surface area contributed by atoms with Crippen molar-refractivity contribution in [2.45, 2.75) is 52.0 Å². The number of nitrogens with one attached hydrogen (secondary N) is 1. The third-order valence-electron chi connectivity index (χ3n) is 5.72. The summed E-state index contributed by atoms with van der Waals surface area (Å²) in [5.74, 6) is 0.459. The topological polar surface area (TPSA) is 45.3 Å². The van der Waals surface area contributed by atoms with Gasteiger partial charge in [-0.05, 0) is 36.0 Å². The molecule has 0 radical (unpaired) electrons. The first-order valence-electron chi connectivity index (χ1n) is 9.44. The van der Waals surface area contributed by atoms with E-state index >= 15 is 0 Å². The SMILES string of the molecule is CC(C)(C)c1ccc2[nH]c3c(c2c1)CN(C(=O)C1CCOCC1)CC3. The van der Waals surface area contributed by atoms with Crippen molar-refractivity contribution in [1.29, 1.82) is 0 Å². The Labute approximate surface area is 149 Å². The summed E-state index contributed by atoms with van der Waals surface area (Å²) in [4.78, 5) is 18.5. The number of carbonyl (C=O) groups excluding carboxylic acids is 1. The molecule has 0 bridgehead atoms. The van der Waals surface area contributed by atoms with Crippen LogP contribution in [0.3, 0.4) is 0 Å². The summed E-state index contributed by atoms with van der Waals surface area (Å²) in [5.41, 5.74) is 5.28. The Morgan fingerprint density at radius 3 is 2.72 bits per heavy atom. The third-order valence-corrected chi connectivity index (χ3v) is 5.72. The lowest BCUT2D eigenvalue weighted by Crippen LogP contribution is -2.41. The molecule has 25 heavy (non-hydrogen) atoms. The van der Waals surface area contributed by atoms with E-state index < -0.39 is 0 Å². The molecule has 0 aliphatic carbocycles. The average Bonchev–Trinajstić information content (AvgIpc) is 2.98. The zero-order valence-corrected chi connectivity index (χ0v) is 15.5. The first kappa shape index (κ1) is 16.6. The lowest BCUT2D eigenvalue weighted by atomic mass is 9.86. The number of aromatic amines is 1. The van der Waals surface area contributed by atoms with Gasteiger partial charge in [-0.3, -0.25) is 4.79 Å². The smallest absolute Gasteiger partial charge is 0.226 e. The monoisotopic (exact) mass is 340 g/mol. The van der Waals surface area contributed by atoms with Crippen molar-refractivity contribution in [1.82, 2.24) is 9.88 Å². The summed E-state index contributed by atoms with van der Waals surface area (Å²) >= 11 is 0. The Kier molecular flexibility index (Phi) is 4.11.